The van der Waals surface area contributed by atoms with Gasteiger partial charge in [0.1, 0.15) is 0 Å². The largest absolute Gasteiger partial charge is 0.356 e. The van der Waals surface area contributed by atoms with Crippen molar-refractivity contribution >= 4 is 29.9 Å². The first-order valence-electron chi connectivity index (χ1n) is 10.3. The first-order chi connectivity index (χ1) is 14.3. The van der Waals surface area contributed by atoms with Crippen LogP contribution in [0.5, 0.6) is 0 Å². The number of guanidine groups is 1. The fourth-order valence-electron chi connectivity index (χ4n) is 4.05. The fraction of sp³-hybridized carbons (Fsp3) is 0.333. The zero-order valence-electron chi connectivity index (χ0n) is 17.4. The smallest absolute Gasteiger partial charge is 0.191 e. The third kappa shape index (κ3) is 5.41. The van der Waals surface area contributed by atoms with Crippen molar-refractivity contribution in [2.45, 2.75) is 37.8 Å². The molecule has 2 N–H and O–H groups in total. The van der Waals surface area contributed by atoms with E-state index in [1.54, 1.807) is 0 Å². The highest BCUT2D eigenvalue weighted by atomic mass is 127. The molecule has 158 valence electrons. The number of benzene rings is 2. The van der Waals surface area contributed by atoms with Crippen LogP contribution >= 0.6 is 24.0 Å². The molecule has 0 unspecified atom stereocenters. The van der Waals surface area contributed by atoms with Gasteiger partial charge in [0.05, 0.1) is 6.33 Å². The van der Waals surface area contributed by atoms with Crippen LogP contribution in [0.4, 0.5) is 0 Å². The molecule has 30 heavy (non-hydrogen) atoms. The molecule has 1 aliphatic carbocycles. The number of hydrogen-bond acceptors (Lipinski definition) is 2. The van der Waals surface area contributed by atoms with Gasteiger partial charge >= 0.3 is 0 Å². The Morgan fingerprint density at radius 2 is 1.87 bits per heavy atom. The summed E-state index contributed by atoms with van der Waals surface area (Å²) in [5.74, 6) is 0.854. The highest BCUT2D eigenvalue weighted by molar-refractivity contribution is 14.0. The predicted molar refractivity (Wildman–Crippen MR) is 133 cm³/mol. The molecule has 3 aromatic rings. The molecule has 1 heterocycles. The van der Waals surface area contributed by atoms with Crippen molar-refractivity contribution in [2.24, 2.45) is 4.99 Å². The summed E-state index contributed by atoms with van der Waals surface area (Å²) in [6.07, 6.45) is 9.41. The second kappa shape index (κ2) is 10.6. The third-order valence-electron chi connectivity index (χ3n) is 5.89. The highest BCUT2D eigenvalue weighted by Crippen LogP contribution is 2.43. The minimum Gasteiger partial charge on any atom is -0.356 e. The van der Waals surface area contributed by atoms with Gasteiger partial charge in [0.2, 0.25) is 0 Å². The number of imidazole rings is 1. The number of nitrogens with zero attached hydrogens (tertiary/aromatic N) is 3. The Balaban J connectivity index is 0.00000256. The normalized spacial score (nSPS) is 15.0. The van der Waals surface area contributed by atoms with Crippen LogP contribution in [0.1, 0.15) is 36.0 Å². The van der Waals surface area contributed by atoms with Gasteiger partial charge in [-0.15, -0.1) is 24.0 Å². The number of aliphatic imine (C=N–C) groups is 1. The maximum atomic E-state index is 4.42. The second-order valence-electron chi connectivity index (χ2n) is 7.83. The van der Waals surface area contributed by atoms with Crippen molar-refractivity contribution in [3.63, 3.8) is 0 Å². The molecular weight excluding hydrogens is 485 g/mol. The molecular formula is C24H30IN5. The predicted octanol–water partition coefficient (Wildman–Crippen LogP) is 4.34. The Kier molecular flexibility index (Phi) is 7.90. The molecule has 1 fully saturated rings. The SMILES string of the molecule is CN=C(NCc1cccc(Cn2ccnc2)c1)NCC1(c2ccccc2)CCC1.I. The van der Waals surface area contributed by atoms with Crippen LogP contribution in [0.3, 0.4) is 0 Å². The molecule has 1 aromatic heterocycles. The van der Waals surface area contributed by atoms with Crippen LogP contribution in [-0.2, 0) is 18.5 Å². The van der Waals surface area contributed by atoms with Crippen LogP contribution in [0.15, 0.2) is 78.3 Å². The number of aromatic nitrogens is 2. The van der Waals surface area contributed by atoms with Crippen molar-refractivity contribution < 1.29 is 0 Å². The van der Waals surface area contributed by atoms with E-state index in [1.807, 2.05) is 25.8 Å². The lowest BCUT2D eigenvalue weighted by atomic mass is 9.64. The summed E-state index contributed by atoms with van der Waals surface area (Å²) in [4.78, 5) is 8.54. The summed E-state index contributed by atoms with van der Waals surface area (Å²) in [6.45, 7) is 2.49. The summed E-state index contributed by atoms with van der Waals surface area (Å²) < 4.78 is 2.08. The van der Waals surface area contributed by atoms with E-state index >= 15 is 0 Å². The van der Waals surface area contributed by atoms with Gasteiger partial charge in [-0.25, -0.2) is 4.98 Å². The van der Waals surface area contributed by atoms with Crippen molar-refractivity contribution in [2.75, 3.05) is 13.6 Å². The molecule has 6 heteroatoms. The maximum Gasteiger partial charge on any atom is 0.191 e. The van der Waals surface area contributed by atoms with Gasteiger partial charge in [-0.2, -0.15) is 0 Å². The van der Waals surface area contributed by atoms with E-state index in [4.69, 9.17) is 0 Å². The lowest BCUT2D eigenvalue weighted by molar-refractivity contribution is 0.244. The molecule has 5 nitrogen and oxygen atoms in total. The van der Waals surface area contributed by atoms with E-state index in [0.29, 0.717) is 0 Å². The van der Waals surface area contributed by atoms with E-state index in [9.17, 15) is 0 Å². The zero-order valence-corrected chi connectivity index (χ0v) is 19.8. The van der Waals surface area contributed by atoms with Crippen molar-refractivity contribution in [1.82, 2.24) is 20.2 Å². The minimum atomic E-state index is 0. The van der Waals surface area contributed by atoms with E-state index in [0.717, 1.165) is 25.6 Å². The summed E-state index contributed by atoms with van der Waals surface area (Å²) in [6, 6.07) is 19.5. The molecule has 1 aliphatic rings. The Morgan fingerprint density at radius 3 is 2.53 bits per heavy atom. The van der Waals surface area contributed by atoms with Gasteiger partial charge in [0.15, 0.2) is 5.96 Å². The standard InChI is InChI=1S/C24H29N5.HI/c1-25-23(28-18-24(11-6-12-24)22-9-3-2-4-10-22)27-16-20-7-5-8-21(15-20)17-29-14-13-26-19-29;/h2-5,7-10,13-15,19H,6,11-12,16-18H2,1H3,(H2,25,27,28);1H. The second-order valence-corrected chi connectivity index (χ2v) is 7.83. The summed E-state index contributed by atoms with van der Waals surface area (Å²) in [5, 5.41) is 7.02. The molecule has 4 rings (SSSR count). The molecule has 0 amide bonds. The van der Waals surface area contributed by atoms with Gasteiger partial charge in [-0.3, -0.25) is 4.99 Å². The molecule has 0 saturated heterocycles. The highest BCUT2D eigenvalue weighted by Gasteiger charge is 2.38. The molecule has 0 spiro atoms. The topological polar surface area (TPSA) is 54.2 Å². The average molecular weight is 515 g/mol. The van der Waals surface area contributed by atoms with Crippen molar-refractivity contribution in [3.05, 3.63) is 90.0 Å². The Morgan fingerprint density at radius 1 is 1.07 bits per heavy atom. The minimum absolute atomic E-state index is 0. The first kappa shape index (κ1) is 22.3. The molecule has 0 aliphatic heterocycles. The molecule has 0 radical (unpaired) electrons. The van der Waals surface area contributed by atoms with E-state index in [-0.39, 0.29) is 29.4 Å². The van der Waals surface area contributed by atoms with E-state index in [1.165, 1.54) is 36.0 Å². The van der Waals surface area contributed by atoms with E-state index < -0.39 is 0 Å². The fourth-order valence-corrected chi connectivity index (χ4v) is 4.05. The van der Waals surface area contributed by atoms with Crippen LogP contribution in [0.2, 0.25) is 0 Å². The first-order valence-corrected chi connectivity index (χ1v) is 10.3. The average Bonchev–Trinajstić information content (AvgIpc) is 3.23. The van der Waals surface area contributed by atoms with Crippen molar-refractivity contribution in [1.29, 1.82) is 0 Å². The van der Waals surface area contributed by atoms with Crippen LogP contribution < -0.4 is 10.6 Å². The molecule has 1 saturated carbocycles. The maximum absolute atomic E-state index is 4.42. The van der Waals surface area contributed by atoms with Gasteiger partial charge in [0.25, 0.3) is 0 Å². The summed E-state index contributed by atoms with van der Waals surface area (Å²) >= 11 is 0. The van der Waals surface area contributed by atoms with Gasteiger partial charge in [-0.05, 0) is 29.5 Å². The Labute approximate surface area is 196 Å². The van der Waals surface area contributed by atoms with E-state index in [2.05, 4.69) is 79.8 Å². The van der Waals surface area contributed by atoms with Gasteiger partial charge in [0, 0.05) is 44.5 Å². The lowest BCUT2D eigenvalue weighted by Crippen LogP contribution is -2.48. The van der Waals surface area contributed by atoms with Gasteiger partial charge in [-0.1, -0.05) is 61.0 Å². The van der Waals surface area contributed by atoms with Crippen LogP contribution in [0.25, 0.3) is 0 Å². The van der Waals surface area contributed by atoms with Crippen LogP contribution in [0, 0.1) is 0 Å². The van der Waals surface area contributed by atoms with Crippen LogP contribution in [-0.4, -0.2) is 29.1 Å². The Bertz CT molecular complexity index is 933. The Hall–Kier alpha value is -2.35. The number of nitrogens with one attached hydrogen (secondary N) is 2. The van der Waals surface area contributed by atoms with Gasteiger partial charge < -0.3 is 15.2 Å². The lowest BCUT2D eigenvalue weighted by Gasteiger charge is -2.43. The molecule has 0 bridgehead atoms. The number of hydrogen-bond donors (Lipinski definition) is 2. The number of rotatable bonds is 7. The summed E-state index contributed by atoms with van der Waals surface area (Å²) in [5.41, 5.74) is 4.18. The molecule has 2 aromatic carbocycles. The zero-order chi connectivity index (χ0) is 19.9. The van der Waals surface area contributed by atoms with Crippen molar-refractivity contribution in [3.8, 4) is 0 Å². The quantitative estimate of drug-likeness (QED) is 0.280. The summed E-state index contributed by atoms with van der Waals surface area (Å²) in [7, 11) is 1.83. The molecule has 0 atom stereocenters. The number of halogens is 1. The monoisotopic (exact) mass is 515 g/mol. The third-order valence-corrected chi connectivity index (χ3v) is 5.89.